The van der Waals surface area contributed by atoms with Crippen LogP contribution in [-0.2, 0) is 0 Å². The number of rotatable bonds is 8. The molecule has 3 nitrogen and oxygen atoms in total. The van der Waals surface area contributed by atoms with Gasteiger partial charge in [-0.25, -0.2) is 0 Å². The standard InChI is InChI=1S/C15H26F3N3/c1-3-9-20-14(11-19)8-5-6-13(14)7-10-21(4-2)12-15(16,17)18/h13,20H,3-10,12H2,1-2H3. The van der Waals surface area contributed by atoms with Crippen LogP contribution >= 0.6 is 0 Å². The largest absolute Gasteiger partial charge is 0.401 e. The molecule has 122 valence electrons. The Balaban J connectivity index is 2.57. The molecular formula is C15H26F3N3. The number of nitrogens with one attached hydrogen (secondary N) is 1. The zero-order valence-electron chi connectivity index (χ0n) is 13.0. The van der Waals surface area contributed by atoms with Gasteiger partial charge in [0.1, 0.15) is 5.54 Å². The van der Waals surface area contributed by atoms with Crippen LogP contribution in [-0.4, -0.2) is 42.8 Å². The number of nitriles is 1. The summed E-state index contributed by atoms with van der Waals surface area (Å²) >= 11 is 0. The van der Waals surface area contributed by atoms with Crippen molar-refractivity contribution in [2.75, 3.05) is 26.2 Å². The van der Waals surface area contributed by atoms with Crippen LogP contribution in [0.1, 0.15) is 46.0 Å². The summed E-state index contributed by atoms with van der Waals surface area (Å²) in [5.74, 6) is 0.149. The second-order valence-electron chi connectivity index (χ2n) is 5.87. The number of hydrogen-bond acceptors (Lipinski definition) is 3. The second kappa shape index (κ2) is 8.00. The molecule has 0 aromatic heterocycles. The normalized spacial score (nSPS) is 26.2. The minimum absolute atomic E-state index is 0.149. The summed E-state index contributed by atoms with van der Waals surface area (Å²) in [4.78, 5) is 1.42. The van der Waals surface area contributed by atoms with E-state index in [1.54, 1.807) is 6.92 Å². The predicted octanol–water partition coefficient (Wildman–Crippen LogP) is 3.32. The average molecular weight is 305 g/mol. The molecule has 2 atom stereocenters. The molecule has 1 aliphatic carbocycles. The Bertz CT molecular complexity index is 351. The van der Waals surface area contributed by atoms with Crippen LogP contribution in [0.5, 0.6) is 0 Å². The van der Waals surface area contributed by atoms with Crippen LogP contribution in [0.25, 0.3) is 0 Å². The predicted molar refractivity (Wildman–Crippen MR) is 76.8 cm³/mol. The molecular weight excluding hydrogens is 279 g/mol. The fourth-order valence-corrected chi connectivity index (χ4v) is 3.18. The van der Waals surface area contributed by atoms with E-state index < -0.39 is 18.3 Å². The van der Waals surface area contributed by atoms with Crippen LogP contribution in [0.4, 0.5) is 13.2 Å². The van der Waals surface area contributed by atoms with Crippen molar-refractivity contribution in [2.45, 2.75) is 57.7 Å². The maximum atomic E-state index is 12.5. The fraction of sp³-hybridized carbons (Fsp3) is 0.933. The SMILES string of the molecule is CCCNC1(C#N)CCCC1CCN(CC)CC(F)(F)F. The summed E-state index contributed by atoms with van der Waals surface area (Å²) in [6.07, 6.45) is 0.145. The minimum Gasteiger partial charge on any atom is -0.299 e. The first-order chi connectivity index (χ1) is 9.87. The zero-order valence-corrected chi connectivity index (χ0v) is 13.0. The van der Waals surface area contributed by atoms with Gasteiger partial charge in [0.05, 0.1) is 12.6 Å². The highest BCUT2D eigenvalue weighted by molar-refractivity contribution is 5.14. The maximum Gasteiger partial charge on any atom is 0.401 e. The summed E-state index contributed by atoms with van der Waals surface area (Å²) in [5.41, 5.74) is -0.534. The molecule has 1 saturated carbocycles. The van der Waals surface area contributed by atoms with Gasteiger partial charge < -0.3 is 0 Å². The number of alkyl halides is 3. The van der Waals surface area contributed by atoms with Crippen LogP contribution in [0.2, 0.25) is 0 Å². The van der Waals surface area contributed by atoms with Crippen LogP contribution in [0.3, 0.4) is 0 Å². The van der Waals surface area contributed by atoms with Crippen LogP contribution in [0.15, 0.2) is 0 Å². The molecule has 6 heteroatoms. The molecule has 21 heavy (non-hydrogen) atoms. The summed E-state index contributed by atoms with van der Waals surface area (Å²) in [5, 5.41) is 12.8. The van der Waals surface area contributed by atoms with Gasteiger partial charge in [-0.05, 0) is 51.2 Å². The highest BCUT2D eigenvalue weighted by Gasteiger charge is 2.42. The van der Waals surface area contributed by atoms with Crippen molar-refractivity contribution in [1.29, 1.82) is 5.26 Å². The van der Waals surface area contributed by atoms with E-state index in [4.69, 9.17) is 0 Å². The van der Waals surface area contributed by atoms with Gasteiger partial charge >= 0.3 is 6.18 Å². The number of nitrogens with zero attached hydrogens (tertiary/aromatic N) is 2. The minimum atomic E-state index is -4.15. The second-order valence-corrected chi connectivity index (χ2v) is 5.87. The highest BCUT2D eigenvalue weighted by Crippen LogP contribution is 2.37. The molecule has 1 rings (SSSR count). The molecule has 1 fully saturated rings. The summed E-state index contributed by atoms with van der Waals surface area (Å²) < 4.78 is 37.4. The van der Waals surface area contributed by atoms with E-state index in [0.29, 0.717) is 19.5 Å². The summed E-state index contributed by atoms with van der Waals surface area (Å²) in [6.45, 7) is 4.49. The van der Waals surface area contributed by atoms with E-state index >= 15 is 0 Å². The van der Waals surface area contributed by atoms with Crippen molar-refractivity contribution in [3.63, 3.8) is 0 Å². The van der Waals surface area contributed by atoms with E-state index in [1.807, 2.05) is 6.92 Å². The van der Waals surface area contributed by atoms with Gasteiger partial charge in [0.2, 0.25) is 0 Å². The van der Waals surface area contributed by atoms with Crippen molar-refractivity contribution in [2.24, 2.45) is 5.92 Å². The maximum absolute atomic E-state index is 12.5. The van der Waals surface area contributed by atoms with Gasteiger partial charge in [-0.3, -0.25) is 10.2 Å². The van der Waals surface area contributed by atoms with Gasteiger partial charge in [-0.1, -0.05) is 20.3 Å². The van der Waals surface area contributed by atoms with Crippen molar-refractivity contribution in [3.05, 3.63) is 0 Å². The lowest BCUT2D eigenvalue weighted by atomic mass is 9.85. The van der Waals surface area contributed by atoms with Crippen molar-refractivity contribution in [3.8, 4) is 6.07 Å². The Labute approximate surface area is 125 Å². The molecule has 0 saturated heterocycles. The molecule has 0 bridgehead atoms. The molecule has 2 unspecified atom stereocenters. The average Bonchev–Trinajstić information content (AvgIpc) is 2.83. The fourth-order valence-electron chi connectivity index (χ4n) is 3.18. The molecule has 0 aromatic carbocycles. The molecule has 0 aromatic rings. The zero-order chi connectivity index (χ0) is 15.9. The van der Waals surface area contributed by atoms with Gasteiger partial charge in [0, 0.05) is 0 Å². The monoisotopic (exact) mass is 305 g/mol. The van der Waals surface area contributed by atoms with Gasteiger partial charge in [0.25, 0.3) is 0 Å². The topological polar surface area (TPSA) is 39.1 Å². The molecule has 1 aliphatic rings. The first kappa shape index (κ1) is 18.2. The quantitative estimate of drug-likeness (QED) is 0.747. The molecule has 0 radical (unpaired) electrons. The Morgan fingerprint density at radius 1 is 1.38 bits per heavy atom. The third-order valence-electron chi connectivity index (χ3n) is 4.35. The Morgan fingerprint density at radius 3 is 2.62 bits per heavy atom. The molecule has 0 aliphatic heterocycles. The lowest BCUT2D eigenvalue weighted by Gasteiger charge is -2.32. The van der Waals surface area contributed by atoms with Crippen molar-refractivity contribution < 1.29 is 13.2 Å². The van der Waals surface area contributed by atoms with Gasteiger partial charge in [-0.15, -0.1) is 0 Å². The summed E-state index contributed by atoms with van der Waals surface area (Å²) in [7, 11) is 0. The van der Waals surface area contributed by atoms with E-state index in [9.17, 15) is 18.4 Å². The van der Waals surface area contributed by atoms with Gasteiger partial charge in [-0.2, -0.15) is 18.4 Å². The van der Waals surface area contributed by atoms with E-state index in [1.165, 1.54) is 4.90 Å². The Hall–Kier alpha value is -0.800. The molecule has 0 heterocycles. The number of hydrogen-bond donors (Lipinski definition) is 1. The smallest absolute Gasteiger partial charge is 0.299 e. The van der Waals surface area contributed by atoms with Crippen LogP contribution < -0.4 is 5.32 Å². The first-order valence-electron chi connectivity index (χ1n) is 7.82. The third kappa shape index (κ3) is 5.48. The Kier molecular flexibility index (Phi) is 6.95. The molecule has 1 N–H and O–H groups in total. The lowest BCUT2D eigenvalue weighted by molar-refractivity contribution is -0.145. The highest BCUT2D eigenvalue weighted by atomic mass is 19.4. The number of halogens is 3. The lowest BCUT2D eigenvalue weighted by Crippen LogP contribution is -2.48. The van der Waals surface area contributed by atoms with Crippen LogP contribution in [0, 0.1) is 17.2 Å². The first-order valence-corrected chi connectivity index (χ1v) is 7.82. The molecule has 0 spiro atoms. The van der Waals surface area contributed by atoms with E-state index in [0.717, 1.165) is 32.2 Å². The van der Waals surface area contributed by atoms with Crippen molar-refractivity contribution in [1.82, 2.24) is 10.2 Å². The third-order valence-corrected chi connectivity index (χ3v) is 4.35. The van der Waals surface area contributed by atoms with Gasteiger partial charge in [0.15, 0.2) is 0 Å². The van der Waals surface area contributed by atoms with E-state index in [-0.39, 0.29) is 5.92 Å². The Morgan fingerprint density at radius 2 is 2.10 bits per heavy atom. The van der Waals surface area contributed by atoms with Crippen molar-refractivity contribution >= 4 is 0 Å². The molecule has 0 amide bonds. The summed E-state index contributed by atoms with van der Waals surface area (Å²) in [6, 6.07) is 2.40. The van der Waals surface area contributed by atoms with E-state index in [2.05, 4.69) is 11.4 Å².